The summed E-state index contributed by atoms with van der Waals surface area (Å²) in [5.41, 5.74) is 10.8. The van der Waals surface area contributed by atoms with Crippen LogP contribution < -0.4 is 10.6 Å². The number of anilines is 4. The molecular weight excluding hydrogens is 777 g/mol. The molecular formula is C57H62N2O2S. The molecule has 2 N–H and O–H groups in total. The van der Waals surface area contributed by atoms with Crippen molar-refractivity contribution >= 4 is 46.1 Å². The third-order valence-corrected chi connectivity index (χ3v) is 14.1. The zero-order valence-corrected chi connectivity index (χ0v) is 38.5. The number of nitrogens with one attached hydrogen (secondary N) is 2. The van der Waals surface area contributed by atoms with Crippen molar-refractivity contribution in [3.63, 3.8) is 0 Å². The Balaban J connectivity index is 1.05. The van der Waals surface area contributed by atoms with Crippen LogP contribution in [0.15, 0.2) is 137 Å². The van der Waals surface area contributed by atoms with Crippen LogP contribution in [0.5, 0.6) is 0 Å². The predicted octanol–water partition coefficient (Wildman–Crippen LogP) is 16.2. The highest BCUT2D eigenvalue weighted by molar-refractivity contribution is 7.99. The topological polar surface area (TPSA) is 58.2 Å². The molecule has 318 valence electrons. The minimum Gasteiger partial charge on any atom is -0.355 e. The predicted molar refractivity (Wildman–Crippen MR) is 261 cm³/mol. The Morgan fingerprint density at radius 3 is 1.58 bits per heavy atom. The van der Waals surface area contributed by atoms with Crippen LogP contribution in [0.4, 0.5) is 22.7 Å². The largest absolute Gasteiger partial charge is 0.355 e. The summed E-state index contributed by atoms with van der Waals surface area (Å²) in [6, 6.07) is 43.9. The number of carbonyl (C=O) groups excluding carboxylic acids is 2. The summed E-state index contributed by atoms with van der Waals surface area (Å²) in [6.45, 7) is 15.4. The maximum atomic E-state index is 15.0. The van der Waals surface area contributed by atoms with Gasteiger partial charge in [-0.15, -0.1) is 0 Å². The minimum absolute atomic E-state index is 0.00823. The van der Waals surface area contributed by atoms with Gasteiger partial charge in [0.15, 0.2) is 11.6 Å². The number of fused-ring (bicyclic) bond motifs is 2. The van der Waals surface area contributed by atoms with E-state index >= 15 is 4.79 Å². The fraction of sp³-hybridized carbons (Fsp3) is 0.333. The van der Waals surface area contributed by atoms with E-state index in [4.69, 9.17) is 0 Å². The summed E-state index contributed by atoms with van der Waals surface area (Å²) in [5.74, 6) is 1.25. The highest BCUT2D eigenvalue weighted by atomic mass is 32.2. The molecule has 0 saturated heterocycles. The molecule has 2 aliphatic rings. The number of ketones is 2. The lowest BCUT2D eigenvalue weighted by atomic mass is 9.77. The lowest BCUT2D eigenvalue weighted by Crippen LogP contribution is -2.24. The lowest BCUT2D eigenvalue weighted by molar-refractivity contribution is 0.0978. The van der Waals surface area contributed by atoms with Gasteiger partial charge >= 0.3 is 0 Å². The second kappa shape index (κ2) is 18.1. The first-order chi connectivity index (χ1) is 29.8. The Kier molecular flexibility index (Phi) is 12.7. The Morgan fingerprint density at radius 2 is 1.06 bits per heavy atom. The van der Waals surface area contributed by atoms with Gasteiger partial charge in [-0.1, -0.05) is 159 Å². The van der Waals surface area contributed by atoms with Gasteiger partial charge in [0, 0.05) is 32.3 Å². The molecule has 0 bridgehead atoms. The summed E-state index contributed by atoms with van der Waals surface area (Å²) in [5, 5.41) is 7.03. The van der Waals surface area contributed by atoms with Gasteiger partial charge in [-0.3, -0.25) is 9.59 Å². The molecule has 5 heteroatoms. The molecule has 4 nitrogen and oxygen atoms in total. The number of hydrogen-bond acceptors (Lipinski definition) is 5. The van der Waals surface area contributed by atoms with Gasteiger partial charge in [-0.2, -0.15) is 0 Å². The van der Waals surface area contributed by atoms with Crippen molar-refractivity contribution in [1.82, 2.24) is 0 Å². The van der Waals surface area contributed by atoms with Gasteiger partial charge in [0.25, 0.3) is 0 Å². The Morgan fingerprint density at radius 1 is 0.548 bits per heavy atom. The summed E-state index contributed by atoms with van der Waals surface area (Å²) in [6.07, 6.45) is 10.8. The van der Waals surface area contributed by atoms with Crippen molar-refractivity contribution in [3.8, 4) is 11.1 Å². The molecule has 2 aliphatic carbocycles. The molecule has 6 aromatic rings. The van der Waals surface area contributed by atoms with E-state index in [-0.39, 0.29) is 22.4 Å². The van der Waals surface area contributed by atoms with E-state index in [1.165, 1.54) is 85.4 Å². The zero-order valence-electron chi connectivity index (χ0n) is 37.7. The molecule has 8 rings (SSSR count). The first-order valence-corrected chi connectivity index (χ1v) is 23.6. The second-order valence-corrected chi connectivity index (χ2v) is 20.7. The van der Waals surface area contributed by atoms with E-state index in [1.807, 2.05) is 48.5 Å². The Labute approximate surface area is 374 Å². The quantitative estimate of drug-likeness (QED) is 0.120. The fourth-order valence-electron chi connectivity index (χ4n) is 9.26. The zero-order chi connectivity index (χ0) is 43.6. The SMILES string of the molecule is CCCCCC1CCC(c2ccc(-c3ccc(Sc4cccc5c4C(=O)c4c(Nc6ccc(C(C)(C)C)cc6)ccc(Nc6ccc(C(C)(C)C)cc6)c4C5=O)cc3)cc2)CC1. The monoisotopic (exact) mass is 838 g/mol. The van der Waals surface area contributed by atoms with Crippen molar-refractivity contribution in [2.45, 2.75) is 126 Å². The van der Waals surface area contributed by atoms with Crippen molar-refractivity contribution in [2.24, 2.45) is 5.92 Å². The van der Waals surface area contributed by atoms with Crippen LogP contribution in [0.25, 0.3) is 11.1 Å². The molecule has 0 heterocycles. The van der Waals surface area contributed by atoms with Gasteiger partial charge < -0.3 is 10.6 Å². The van der Waals surface area contributed by atoms with E-state index in [0.717, 1.165) is 32.6 Å². The Bertz CT molecular complexity index is 2530. The maximum absolute atomic E-state index is 15.0. The van der Waals surface area contributed by atoms with Crippen LogP contribution >= 0.6 is 11.8 Å². The van der Waals surface area contributed by atoms with Crippen LogP contribution in [0.3, 0.4) is 0 Å². The maximum Gasteiger partial charge on any atom is 0.197 e. The number of unbranched alkanes of at least 4 members (excludes halogenated alkanes) is 2. The van der Waals surface area contributed by atoms with Crippen LogP contribution in [-0.2, 0) is 10.8 Å². The number of rotatable bonds is 12. The first-order valence-electron chi connectivity index (χ1n) is 22.8. The molecule has 1 saturated carbocycles. The standard InChI is InChI=1S/C57H62N2O2S/c1-8-9-10-12-37-15-17-38(18-16-37)39-19-21-40(22-20-39)41-23-33-46(34-24-41)62-50-14-11-13-47-51(50)55(61)53-49(59-45-31-27-43(28-32-45)57(5,6)7)36-35-48(52(53)54(47)60)58-44-29-25-42(26-30-44)56(2,3)4/h11,13-14,19-38,58-59H,8-10,12,15-18H2,1-7H3. The van der Waals surface area contributed by atoms with Crippen LogP contribution in [0.2, 0.25) is 0 Å². The molecule has 0 aromatic heterocycles. The van der Waals surface area contributed by atoms with E-state index in [1.54, 1.807) is 6.07 Å². The van der Waals surface area contributed by atoms with E-state index < -0.39 is 0 Å². The normalized spacial score (nSPS) is 16.4. The fourth-order valence-corrected chi connectivity index (χ4v) is 10.2. The van der Waals surface area contributed by atoms with Crippen LogP contribution in [-0.4, -0.2) is 11.6 Å². The molecule has 0 unspecified atom stereocenters. The van der Waals surface area contributed by atoms with Gasteiger partial charge in [-0.05, 0) is 131 Å². The molecule has 0 amide bonds. The van der Waals surface area contributed by atoms with Crippen molar-refractivity contribution in [3.05, 3.63) is 166 Å². The molecule has 0 radical (unpaired) electrons. The van der Waals surface area contributed by atoms with Gasteiger partial charge in [0.1, 0.15) is 0 Å². The first kappa shape index (κ1) is 43.3. The Hall–Kier alpha value is -5.39. The third-order valence-electron chi connectivity index (χ3n) is 13.1. The van der Waals surface area contributed by atoms with Gasteiger partial charge in [0.05, 0.1) is 22.5 Å². The third kappa shape index (κ3) is 9.49. The highest BCUT2D eigenvalue weighted by Gasteiger charge is 2.36. The van der Waals surface area contributed by atoms with E-state index in [2.05, 4.69) is 132 Å². The minimum atomic E-state index is -0.170. The molecule has 1 fully saturated rings. The number of hydrogen-bond donors (Lipinski definition) is 2. The van der Waals surface area contributed by atoms with Gasteiger partial charge in [-0.25, -0.2) is 0 Å². The lowest BCUT2D eigenvalue weighted by Gasteiger charge is -2.29. The summed E-state index contributed by atoms with van der Waals surface area (Å²) < 4.78 is 0. The summed E-state index contributed by atoms with van der Waals surface area (Å²) >= 11 is 1.53. The highest BCUT2D eigenvalue weighted by Crippen LogP contribution is 2.44. The van der Waals surface area contributed by atoms with Crippen LogP contribution in [0, 0.1) is 5.92 Å². The number of carbonyl (C=O) groups is 2. The van der Waals surface area contributed by atoms with E-state index in [9.17, 15) is 4.79 Å². The van der Waals surface area contributed by atoms with Gasteiger partial charge in [0.2, 0.25) is 0 Å². The molecule has 0 aliphatic heterocycles. The number of benzene rings is 6. The van der Waals surface area contributed by atoms with Crippen molar-refractivity contribution in [1.29, 1.82) is 0 Å². The molecule has 62 heavy (non-hydrogen) atoms. The van der Waals surface area contributed by atoms with Crippen molar-refractivity contribution < 1.29 is 9.59 Å². The van der Waals surface area contributed by atoms with Crippen molar-refractivity contribution in [2.75, 3.05) is 10.6 Å². The summed E-state index contributed by atoms with van der Waals surface area (Å²) in [7, 11) is 0. The summed E-state index contributed by atoms with van der Waals surface area (Å²) in [4.78, 5) is 31.6. The average molecular weight is 839 g/mol. The molecule has 0 spiro atoms. The van der Waals surface area contributed by atoms with E-state index in [0.29, 0.717) is 39.5 Å². The average Bonchev–Trinajstić information content (AvgIpc) is 3.26. The molecule has 6 aromatic carbocycles. The second-order valence-electron chi connectivity index (χ2n) is 19.6. The smallest absolute Gasteiger partial charge is 0.197 e. The molecule has 0 atom stereocenters. The van der Waals surface area contributed by atoms with Crippen LogP contribution in [0.1, 0.15) is 154 Å².